The molecule has 0 spiro atoms. The molecule has 0 amide bonds. The van der Waals surface area contributed by atoms with Crippen LogP contribution >= 0.6 is 0 Å². The molecule has 0 aliphatic rings. The second-order valence-corrected chi connectivity index (χ2v) is 8.77. The molecule has 0 saturated heterocycles. The van der Waals surface area contributed by atoms with Crippen LogP contribution in [-0.4, -0.2) is 25.1 Å². The van der Waals surface area contributed by atoms with Crippen LogP contribution in [0.2, 0.25) is 0 Å². The van der Waals surface area contributed by atoms with Crippen molar-refractivity contribution in [2.45, 2.75) is 26.2 Å². The normalized spacial score (nSPS) is 11.5. The third-order valence-electron chi connectivity index (χ3n) is 5.34. The largest absolute Gasteiger partial charge is 0.413 e. The third kappa shape index (κ3) is 4.41. The van der Waals surface area contributed by atoms with Crippen LogP contribution in [0.5, 0.6) is 0 Å². The van der Waals surface area contributed by atoms with Crippen molar-refractivity contribution in [2.75, 3.05) is 0 Å². The molecule has 0 radical (unpaired) electrons. The molecular weight excluding hydrogens is 410 g/mol. The first-order valence-electron chi connectivity index (χ1n) is 10.8. The second-order valence-electron chi connectivity index (χ2n) is 8.77. The maximum atomic E-state index is 5.93. The summed E-state index contributed by atoms with van der Waals surface area (Å²) in [6, 6.07) is 25.6. The minimum atomic E-state index is 0.107. The fourth-order valence-electron chi connectivity index (χ4n) is 3.50. The molecule has 0 saturated carbocycles. The number of rotatable bonds is 4. The van der Waals surface area contributed by atoms with E-state index in [-0.39, 0.29) is 5.41 Å². The summed E-state index contributed by atoms with van der Waals surface area (Å²) in [7, 11) is 0. The van der Waals surface area contributed by atoms with Crippen LogP contribution in [0.25, 0.3) is 45.8 Å². The van der Waals surface area contributed by atoms with E-state index in [1.54, 1.807) is 6.20 Å². The molecule has 0 bridgehead atoms. The second kappa shape index (κ2) is 8.39. The van der Waals surface area contributed by atoms with E-state index in [0.29, 0.717) is 23.2 Å². The van der Waals surface area contributed by atoms with Gasteiger partial charge in [-0.25, -0.2) is 9.97 Å². The predicted molar refractivity (Wildman–Crippen MR) is 128 cm³/mol. The Kier molecular flexibility index (Phi) is 5.26. The summed E-state index contributed by atoms with van der Waals surface area (Å²) < 4.78 is 5.93. The maximum absolute atomic E-state index is 5.93. The summed E-state index contributed by atoms with van der Waals surface area (Å²) >= 11 is 0. The van der Waals surface area contributed by atoms with Crippen molar-refractivity contribution in [2.24, 2.45) is 0 Å². The molecule has 0 aliphatic carbocycles. The monoisotopic (exact) mass is 433 g/mol. The van der Waals surface area contributed by atoms with E-state index in [1.807, 2.05) is 54.6 Å². The highest BCUT2D eigenvalue weighted by atomic mass is 16.4. The van der Waals surface area contributed by atoms with Crippen molar-refractivity contribution < 1.29 is 4.42 Å². The molecule has 0 fully saturated rings. The topological polar surface area (TPSA) is 77.6 Å². The van der Waals surface area contributed by atoms with E-state index in [9.17, 15) is 0 Å². The molecule has 1 aromatic carbocycles. The summed E-state index contributed by atoms with van der Waals surface area (Å²) in [5.74, 6) is 0.688. The lowest BCUT2D eigenvalue weighted by molar-refractivity contribution is 0.580. The van der Waals surface area contributed by atoms with E-state index in [0.717, 1.165) is 22.6 Å². The number of nitrogens with zero attached hydrogens (tertiary/aromatic N) is 5. The lowest BCUT2D eigenvalue weighted by Gasteiger charge is -2.19. The molecule has 6 nitrogen and oxygen atoms in total. The van der Waals surface area contributed by atoms with Gasteiger partial charge in [0.2, 0.25) is 0 Å². The number of hydrogen-bond acceptors (Lipinski definition) is 6. The van der Waals surface area contributed by atoms with Crippen molar-refractivity contribution in [3.63, 3.8) is 0 Å². The number of pyridine rings is 3. The Labute approximate surface area is 192 Å². The average Bonchev–Trinajstić information content (AvgIpc) is 3.35. The van der Waals surface area contributed by atoms with Crippen molar-refractivity contribution in [3.05, 3.63) is 90.6 Å². The molecule has 4 aromatic heterocycles. The van der Waals surface area contributed by atoms with Crippen LogP contribution in [0.1, 0.15) is 26.3 Å². The summed E-state index contributed by atoms with van der Waals surface area (Å²) in [5, 5.41) is 8.41. The highest BCUT2D eigenvalue weighted by Crippen LogP contribution is 2.28. The fourth-order valence-corrected chi connectivity index (χ4v) is 3.50. The van der Waals surface area contributed by atoms with Gasteiger partial charge in [-0.2, -0.15) is 0 Å². The zero-order valence-corrected chi connectivity index (χ0v) is 18.7. The third-order valence-corrected chi connectivity index (χ3v) is 5.34. The highest BCUT2D eigenvalue weighted by molar-refractivity contribution is 5.64. The van der Waals surface area contributed by atoms with Gasteiger partial charge < -0.3 is 4.42 Å². The van der Waals surface area contributed by atoms with Gasteiger partial charge in [-0.3, -0.25) is 4.98 Å². The summed E-state index contributed by atoms with van der Waals surface area (Å²) in [6.45, 7) is 6.61. The number of benzene rings is 1. The Morgan fingerprint density at radius 2 is 1.15 bits per heavy atom. The van der Waals surface area contributed by atoms with Crippen LogP contribution < -0.4 is 0 Å². The zero-order chi connectivity index (χ0) is 22.8. The van der Waals surface area contributed by atoms with E-state index in [2.05, 4.69) is 65.2 Å². The molecule has 5 rings (SSSR count). The smallest absolute Gasteiger partial charge is 0.266 e. The average molecular weight is 434 g/mol. The van der Waals surface area contributed by atoms with Crippen LogP contribution in [0, 0.1) is 0 Å². The van der Waals surface area contributed by atoms with E-state index in [4.69, 9.17) is 9.40 Å². The summed E-state index contributed by atoms with van der Waals surface area (Å²) in [5.41, 5.74) is 6.01. The van der Waals surface area contributed by atoms with E-state index >= 15 is 0 Å². The first-order chi connectivity index (χ1) is 16.0. The molecule has 0 unspecified atom stereocenters. The number of aromatic nitrogens is 5. The van der Waals surface area contributed by atoms with Gasteiger partial charge >= 0.3 is 0 Å². The number of hydrogen-bond donors (Lipinski definition) is 0. The van der Waals surface area contributed by atoms with Crippen molar-refractivity contribution in [3.8, 4) is 45.8 Å². The van der Waals surface area contributed by atoms with Gasteiger partial charge in [-0.15, -0.1) is 10.2 Å². The summed E-state index contributed by atoms with van der Waals surface area (Å²) in [6.07, 6.45) is 1.74. The molecule has 6 heteroatoms. The van der Waals surface area contributed by atoms with Crippen molar-refractivity contribution in [1.29, 1.82) is 0 Å². The van der Waals surface area contributed by atoms with Crippen LogP contribution in [0.4, 0.5) is 0 Å². The van der Waals surface area contributed by atoms with Crippen LogP contribution in [-0.2, 0) is 5.41 Å². The van der Waals surface area contributed by atoms with Gasteiger partial charge in [0.15, 0.2) is 0 Å². The molecule has 0 aliphatic heterocycles. The van der Waals surface area contributed by atoms with Gasteiger partial charge in [0.1, 0.15) is 11.4 Å². The summed E-state index contributed by atoms with van der Waals surface area (Å²) in [4.78, 5) is 13.7. The molecule has 0 N–H and O–H groups in total. The zero-order valence-electron chi connectivity index (χ0n) is 18.7. The van der Waals surface area contributed by atoms with Crippen LogP contribution in [0.3, 0.4) is 0 Å². The minimum absolute atomic E-state index is 0.107. The van der Waals surface area contributed by atoms with Gasteiger partial charge in [0.05, 0.1) is 17.1 Å². The molecular formula is C27H23N5O. The SMILES string of the molecule is CC(C)(C)c1ccc(-c2cccc(-c3nnc(-c4cccc(-c5ccccn5)n4)o3)n2)cc1. The standard InChI is InChI=1S/C27H23N5O/c1-27(2,3)19-15-13-18(14-16-19)20-9-6-11-23(29-20)25-31-32-26(33-25)24-12-7-10-22(30-24)21-8-4-5-17-28-21/h4-17H,1-3H3. The lowest BCUT2D eigenvalue weighted by atomic mass is 9.86. The Bertz CT molecular complexity index is 1390. The highest BCUT2D eigenvalue weighted by Gasteiger charge is 2.16. The Morgan fingerprint density at radius 3 is 1.76 bits per heavy atom. The Hall–Kier alpha value is -4.19. The molecule has 162 valence electrons. The van der Waals surface area contributed by atoms with Gasteiger partial charge in [0.25, 0.3) is 11.8 Å². The van der Waals surface area contributed by atoms with Crippen molar-refractivity contribution >= 4 is 0 Å². The minimum Gasteiger partial charge on any atom is -0.413 e. The molecule has 33 heavy (non-hydrogen) atoms. The van der Waals surface area contributed by atoms with Crippen LogP contribution in [0.15, 0.2) is 89.5 Å². The maximum Gasteiger partial charge on any atom is 0.266 e. The quantitative estimate of drug-likeness (QED) is 0.335. The van der Waals surface area contributed by atoms with Gasteiger partial charge in [0, 0.05) is 11.8 Å². The molecule has 5 aromatic rings. The lowest BCUT2D eigenvalue weighted by Crippen LogP contribution is -2.10. The fraction of sp³-hybridized carbons (Fsp3) is 0.148. The molecule has 0 atom stereocenters. The molecule has 4 heterocycles. The Balaban J connectivity index is 1.43. The van der Waals surface area contributed by atoms with E-state index in [1.165, 1.54) is 5.56 Å². The van der Waals surface area contributed by atoms with Crippen molar-refractivity contribution in [1.82, 2.24) is 25.1 Å². The first-order valence-corrected chi connectivity index (χ1v) is 10.8. The predicted octanol–water partition coefficient (Wildman–Crippen LogP) is 6.22. The van der Waals surface area contributed by atoms with Gasteiger partial charge in [-0.05, 0) is 47.4 Å². The first kappa shape index (κ1) is 20.7. The Morgan fingerprint density at radius 1 is 0.576 bits per heavy atom. The van der Waals surface area contributed by atoms with E-state index < -0.39 is 0 Å². The van der Waals surface area contributed by atoms with Gasteiger partial charge in [-0.1, -0.05) is 63.2 Å².